The first-order valence-electron chi connectivity index (χ1n) is 5.25. The lowest BCUT2D eigenvalue weighted by Gasteiger charge is -2.21. The average Bonchev–Trinajstić information content (AvgIpc) is 2.58. The summed E-state index contributed by atoms with van der Waals surface area (Å²) in [6, 6.07) is 5.77. The molecule has 1 aromatic rings. The van der Waals surface area contributed by atoms with Crippen molar-refractivity contribution in [3.63, 3.8) is 0 Å². The maximum Gasteiger partial charge on any atom is 0.125 e. The first kappa shape index (κ1) is 12.1. The molecule has 1 aliphatic heterocycles. The lowest BCUT2D eigenvalue weighted by Crippen LogP contribution is -2.36. The van der Waals surface area contributed by atoms with Crippen LogP contribution in [0.25, 0.3) is 0 Å². The molecule has 1 aromatic carbocycles. The van der Waals surface area contributed by atoms with E-state index in [-0.39, 0.29) is 10.9 Å². The Bertz CT molecular complexity index is 395. The summed E-state index contributed by atoms with van der Waals surface area (Å²) < 4.78 is 5.37. The molecule has 1 unspecified atom stereocenters. The Morgan fingerprint density at radius 1 is 1.50 bits per heavy atom. The third kappa shape index (κ3) is 2.31. The number of ether oxygens (including phenoxy) is 1. The van der Waals surface area contributed by atoms with Gasteiger partial charge in [0.25, 0.3) is 0 Å². The first-order valence-corrected chi connectivity index (χ1v) is 6.68. The second-order valence-corrected chi connectivity index (χ2v) is 6.08. The molecule has 1 heterocycles. The summed E-state index contributed by atoms with van der Waals surface area (Å²) in [5.74, 6) is 1.93. The molecule has 1 fully saturated rings. The fourth-order valence-corrected chi connectivity index (χ4v) is 3.65. The van der Waals surface area contributed by atoms with Crippen LogP contribution in [-0.2, 0) is 0 Å². The van der Waals surface area contributed by atoms with Gasteiger partial charge in [-0.25, -0.2) is 0 Å². The molecule has 0 saturated carbocycles. The maximum atomic E-state index is 6.25. The predicted molar refractivity (Wildman–Crippen MR) is 70.4 cm³/mol. The van der Waals surface area contributed by atoms with Crippen molar-refractivity contribution in [3.05, 3.63) is 28.8 Å². The van der Waals surface area contributed by atoms with E-state index in [1.165, 1.54) is 0 Å². The van der Waals surface area contributed by atoms with Gasteiger partial charge in [0, 0.05) is 21.9 Å². The van der Waals surface area contributed by atoms with Gasteiger partial charge < -0.3 is 4.74 Å². The van der Waals surface area contributed by atoms with Gasteiger partial charge in [-0.15, -0.1) is 11.8 Å². The third-order valence-corrected chi connectivity index (χ3v) is 4.53. The fraction of sp³-hybridized carbons (Fsp3) is 0.500. The topological polar surface area (TPSA) is 21.3 Å². The number of methoxy groups -OCH3 is 1. The molecule has 2 rings (SSSR count). The summed E-state index contributed by atoms with van der Waals surface area (Å²) in [7, 11) is 1.68. The molecule has 88 valence electrons. The van der Waals surface area contributed by atoms with Crippen LogP contribution < -0.4 is 10.1 Å². The van der Waals surface area contributed by atoms with E-state index in [9.17, 15) is 0 Å². The number of hydrogen-bond donors (Lipinski definition) is 1. The molecule has 0 aliphatic carbocycles. The van der Waals surface area contributed by atoms with Crippen LogP contribution in [0.1, 0.15) is 24.8 Å². The summed E-state index contributed by atoms with van der Waals surface area (Å²) in [6.45, 7) is 4.40. The molecule has 0 amide bonds. The van der Waals surface area contributed by atoms with Gasteiger partial charge in [0.2, 0.25) is 0 Å². The number of benzene rings is 1. The molecule has 0 radical (unpaired) electrons. The van der Waals surface area contributed by atoms with Gasteiger partial charge in [-0.3, -0.25) is 5.32 Å². The minimum atomic E-state index is 0.152. The molecule has 0 bridgehead atoms. The normalized spacial score (nSPS) is 23.4. The van der Waals surface area contributed by atoms with Crippen LogP contribution in [0.4, 0.5) is 0 Å². The highest BCUT2D eigenvalue weighted by Crippen LogP contribution is 2.43. The van der Waals surface area contributed by atoms with Crippen LogP contribution in [0.15, 0.2) is 18.2 Å². The number of nitrogens with one attached hydrogen (secondary N) is 1. The van der Waals surface area contributed by atoms with Crippen LogP contribution in [-0.4, -0.2) is 18.4 Å². The SMILES string of the molecule is COc1cccc(Cl)c1C1NC(C)(C)CS1. The summed E-state index contributed by atoms with van der Waals surface area (Å²) in [4.78, 5) is 0. The molecular formula is C12H16ClNOS. The quantitative estimate of drug-likeness (QED) is 0.877. The second-order valence-electron chi connectivity index (χ2n) is 4.58. The van der Waals surface area contributed by atoms with Crippen LogP contribution >= 0.6 is 23.4 Å². The van der Waals surface area contributed by atoms with Crippen LogP contribution in [0.5, 0.6) is 5.75 Å². The summed E-state index contributed by atoms with van der Waals surface area (Å²) in [5, 5.41) is 4.55. The zero-order chi connectivity index (χ0) is 11.8. The van der Waals surface area contributed by atoms with Crippen LogP contribution in [0.2, 0.25) is 5.02 Å². The minimum absolute atomic E-state index is 0.152. The summed E-state index contributed by atoms with van der Waals surface area (Å²) in [5.41, 5.74) is 1.21. The molecule has 4 heteroatoms. The van der Waals surface area contributed by atoms with Gasteiger partial charge in [0.1, 0.15) is 5.75 Å². The lowest BCUT2D eigenvalue weighted by atomic mass is 10.1. The Morgan fingerprint density at radius 2 is 2.25 bits per heavy atom. The third-order valence-electron chi connectivity index (χ3n) is 2.63. The smallest absolute Gasteiger partial charge is 0.125 e. The predicted octanol–water partition coefficient (Wildman–Crippen LogP) is 3.46. The van der Waals surface area contributed by atoms with Crippen molar-refractivity contribution in [1.82, 2.24) is 5.32 Å². The molecule has 1 saturated heterocycles. The Morgan fingerprint density at radius 3 is 2.81 bits per heavy atom. The van der Waals surface area contributed by atoms with Gasteiger partial charge in [-0.1, -0.05) is 17.7 Å². The van der Waals surface area contributed by atoms with Gasteiger partial charge in [-0.2, -0.15) is 0 Å². The molecule has 1 aliphatic rings. The van der Waals surface area contributed by atoms with Gasteiger partial charge in [0.05, 0.1) is 12.5 Å². The van der Waals surface area contributed by atoms with E-state index in [4.69, 9.17) is 16.3 Å². The molecule has 16 heavy (non-hydrogen) atoms. The number of hydrogen-bond acceptors (Lipinski definition) is 3. The lowest BCUT2D eigenvalue weighted by molar-refractivity contribution is 0.399. The zero-order valence-corrected chi connectivity index (χ0v) is 11.3. The molecule has 1 N–H and O–H groups in total. The largest absolute Gasteiger partial charge is 0.496 e. The van der Waals surface area contributed by atoms with Crippen molar-refractivity contribution in [2.45, 2.75) is 24.8 Å². The van der Waals surface area contributed by atoms with Crippen molar-refractivity contribution in [1.29, 1.82) is 0 Å². The van der Waals surface area contributed by atoms with E-state index in [0.717, 1.165) is 22.1 Å². The number of rotatable bonds is 2. The Kier molecular flexibility index (Phi) is 3.38. The van der Waals surface area contributed by atoms with Crippen molar-refractivity contribution < 1.29 is 4.74 Å². The highest BCUT2D eigenvalue weighted by Gasteiger charge is 2.33. The van der Waals surface area contributed by atoms with E-state index >= 15 is 0 Å². The zero-order valence-electron chi connectivity index (χ0n) is 9.71. The van der Waals surface area contributed by atoms with E-state index in [0.29, 0.717) is 0 Å². The van der Waals surface area contributed by atoms with E-state index < -0.39 is 0 Å². The average molecular weight is 258 g/mol. The second kappa shape index (κ2) is 4.47. The van der Waals surface area contributed by atoms with Gasteiger partial charge >= 0.3 is 0 Å². The highest BCUT2D eigenvalue weighted by atomic mass is 35.5. The van der Waals surface area contributed by atoms with Gasteiger partial charge in [0.15, 0.2) is 0 Å². The van der Waals surface area contributed by atoms with Crippen molar-refractivity contribution in [2.24, 2.45) is 0 Å². The van der Waals surface area contributed by atoms with Crippen molar-refractivity contribution >= 4 is 23.4 Å². The molecule has 2 nitrogen and oxygen atoms in total. The van der Waals surface area contributed by atoms with Crippen molar-refractivity contribution in [2.75, 3.05) is 12.9 Å². The monoisotopic (exact) mass is 257 g/mol. The standard InChI is InChI=1S/C12H16ClNOS/c1-12(2)7-16-11(14-12)10-8(13)5-4-6-9(10)15-3/h4-6,11,14H,7H2,1-3H3. The summed E-state index contributed by atoms with van der Waals surface area (Å²) in [6.07, 6.45) is 0. The maximum absolute atomic E-state index is 6.25. The van der Waals surface area contributed by atoms with Crippen LogP contribution in [0.3, 0.4) is 0 Å². The molecule has 0 spiro atoms. The van der Waals surface area contributed by atoms with Gasteiger partial charge in [-0.05, 0) is 26.0 Å². The van der Waals surface area contributed by atoms with Crippen molar-refractivity contribution in [3.8, 4) is 5.75 Å². The summed E-state index contributed by atoms with van der Waals surface area (Å²) >= 11 is 8.12. The fourth-order valence-electron chi connectivity index (χ4n) is 1.84. The molecule has 1 atom stereocenters. The van der Waals surface area contributed by atoms with Crippen LogP contribution in [0, 0.1) is 0 Å². The minimum Gasteiger partial charge on any atom is -0.496 e. The molecule has 0 aromatic heterocycles. The van der Waals surface area contributed by atoms with E-state index in [1.54, 1.807) is 7.11 Å². The van der Waals surface area contributed by atoms with E-state index in [1.807, 2.05) is 30.0 Å². The Balaban J connectivity index is 2.34. The molecular weight excluding hydrogens is 242 g/mol. The Labute approximate surface area is 106 Å². The number of thioether (sulfide) groups is 1. The number of halogens is 1. The first-order chi connectivity index (χ1) is 7.53. The highest BCUT2D eigenvalue weighted by molar-refractivity contribution is 7.99. The Hall–Kier alpha value is -0.380. The van der Waals surface area contributed by atoms with E-state index in [2.05, 4.69) is 19.2 Å².